The predicted octanol–water partition coefficient (Wildman–Crippen LogP) is 0.623. The number of carbonyl (C=O) groups is 1. The van der Waals surface area contributed by atoms with Gasteiger partial charge in [-0.25, -0.2) is 9.59 Å². The zero-order valence-electron chi connectivity index (χ0n) is 9.41. The summed E-state index contributed by atoms with van der Waals surface area (Å²) >= 11 is 0. The molecule has 0 saturated carbocycles. The molecule has 1 aromatic carbocycles. The molecule has 2 rings (SSSR count). The number of benzene rings is 1. The minimum absolute atomic E-state index is 0.128. The standard InChI is InChI=1S/C11H8FN3O4/c12-8-6-14(10(17)13-9(8)16)15(11(18)19)7-4-2-1-3-5-7/h1-6H,(H,18,19)(H,13,16,17). The smallest absolute Gasteiger partial charge is 0.431 e. The summed E-state index contributed by atoms with van der Waals surface area (Å²) in [6.07, 6.45) is -0.984. The third-order valence-corrected chi connectivity index (χ3v) is 2.28. The molecule has 0 fully saturated rings. The van der Waals surface area contributed by atoms with Gasteiger partial charge in [0, 0.05) is 0 Å². The highest BCUT2D eigenvalue weighted by atomic mass is 19.1. The van der Waals surface area contributed by atoms with Crippen molar-refractivity contribution in [3.8, 4) is 0 Å². The number of H-pyrrole nitrogens is 1. The molecular weight excluding hydrogens is 257 g/mol. The lowest BCUT2D eigenvalue weighted by molar-refractivity contribution is 0.198. The van der Waals surface area contributed by atoms with E-state index >= 15 is 0 Å². The second-order valence-corrected chi connectivity index (χ2v) is 3.51. The van der Waals surface area contributed by atoms with Crippen LogP contribution < -0.4 is 16.3 Å². The number of rotatable bonds is 2. The Balaban J connectivity index is 2.65. The van der Waals surface area contributed by atoms with Crippen LogP contribution >= 0.6 is 0 Å². The topological polar surface area (TPSA) is 95.4 Å². The van der Waals surface area contributed by atoms with E-state index in [1.165, 1.54) is 12.1 Å². The molecule has 0 aliphatic carbocycles. The van der Waals surface area contributed by atoms with Crippen molar-refractivity contribution in [1.29, 1.82) is 0 Å². The molecule has 0 unspecified atom stereocenters. The van der Waals surface area contributed by atoms with Gasteiger partial charge in [0.15, 0.2) is 0 Å². The summed E-state index contributed by atoms with van der Waals surface area (Å²) in [7, 11) is 0. The molecule has 7 nitrogen and oxygen atoms in total. The van der Waals surface area contributed by atoms with E-state index in [9.17, 15) is 18.8 Å². The van der Waals surface area contributed by atoms with Gasteiger partial charge in [0.1, 0.15) is 0 Å². The Morgan fingerprint density at radius 3 is 2.47 bits per heavy atom. The summed E-state index contributed by atoms with van der Waals surface area (Å²) in [6, 6.07) is 7.60. The molecule has 0 aliphatic heterocycles. The number of anilines is 1. The van der Waals surface area contributed by atoms with E-state index in [1.807, 2.05) is 0 Å². The Labute approximate surface area is 105 Å². The molecule has 1 aromatic heterocycles. The zero-order chi connectivity index (χ0) is 14.0. The number of carboxylic acid groups (broad SMARTS) is 1. The molecule has 98 valence electrons. The monoisotopic (exact) mass is 265 g/mol. The fourth-order valence-corrected chi connectivity index (χ4v) is 1.48. The molecule has 0 radical (unpaired) electrons. The van der Waals surface area contributed by atoms with Crippen LogP contribution in [0.1, 0.15) is 0 Å². The van der Waals surface area contributed by atoms with Crippen LogP contribution in [0.15, 0.2) is 46.1 Å². The third kappa shape index (κ3) is 2.37. The van der Waals surface area contributed by atoms with Crippen molar-refractivity contribution in [2.45, 2.75) is 0 Å². The number of nitrogens with zero attached hydrogens (tertiary/aromatic N) is 2. The highest BCUT2D eigenvalue weighted by Gasteiger charge is 2.19. The van der Waals surface area contributed by atoms with Gasteiger partial charge < -0.3 is 5.11 Å². The van der Waals surface area contributed by atoms with Crippen LogP contribution in [0.3, 0.4) is 0 Å². The summed E-state index contributed by atoms with van der Waals surface area (Å²) in [5, 5.41) is 9.63. The normalized spacial score (nSPS) is 10.2. The number of amides is 1. The second kappa shape index (κ2) is 4.77. The fraction of sp³-hybridized carbons (Fsp3) is 0. The number of aromatic nitrogens is 2. The van der Waals surface area contributed by atoms with Crippen LogP contribution in [0.25, 0.3) is 0 Å². The summed E-state index contributed by atoms with van der Waals surface area (Å²) in [5.41, 5.74) is -2.14. The molecule has 2 N–H and O–H groups in total. The van der Waals surface area contributed by atoms with Crippen LogP contribution in [0, 0.1) is 5.82 Å². The third-order valence-electron chi connectivity index (χ3n) is 2.28. The Kier molecular flexibility index (Phi) is 3.15. The first-order valence-corrected chi connectivity index (χ1v) is 5.10. The van der Waals surface area contributed by atoms with E-state index in [-0.39, 0.29) is 5.69 Å². The van der Waals surface area contributed by atoms with E-state index in [4.69, 9.17) is 5.11 Å². The van der Waals surface area contributed by atoms with Crippen molar-refractivity contribution < 1.29 is 14.3 Å². The molecule has 0 bridgehead atoms. The summed E-state index contributed by atoms with van der Waals surface area (Å²) in [4.78, 5) is 35.3. The lowest BCUT2D eigenvalue weighted by Gasteiger charge is -2.20. The summed E-state index contributed by atoms with van der Waals surface area (Å²) in [5.74, 6) is -1.26. The van der Waals surface area contributed by atoms with Crippen molar-refractivity contribution in [2.75, 3.05) is 5.01 Å². The van der Waals surface area contributed by atoms with Crippen molar-refractivity contribution >= 4 is 11.8 Å². The second-order valence-electron chi connectivity index (χ2n) is 3.51. The van der Waals surface area contributed by atoms with E-state index in [0.29, 0.717) is 15.9 Å². The van der Waals surface area contributed by atoms with Gasteiger partial charge in [0.05, 0.1) is 11.9 Å². The van der Waals surface area contributed by atoms with Crippen LogP contribution in [0.2, 0.25) is 0 Å². The fourth-order valence-electron chi connectivity index (χ4n) is 1.48. The molecule has 2 aromatic rings. The molecule has 8 heteroatoms. The average molecular weight is 265 g/mol. The van der Waals surface area contributed by atoms with Crippen LogP contribution in [0.5, 0.6) is 0 Å². The maximum Gasteiger partial charge on any atom is 0.431 e. The Bertz CT molecular complexity index is 723. The SMILES string of the molecule is O=C(O)N(c1ccccc1)n1cc(F)c(=O)[nH]c1=O. The molecule has 0 aliphatic rings. The highest BCUT2D eigenvalue weighted by molar-refractivity contribution is 5.85. The van der Waals surface area contributed by atoms with Gasteiger partial charge in [-0.05, 0) is 12.1 Å². The first-order chi connectivity index (χ1) is 9.00. The number of aromatic amines is 1. The van der Waals surface area contributed by atoms with E-state index in [1.54, 1.807) is 23.2 Å². The van der Waals surface area contributed by atoms with Crippen molar-refractivity contribution in [1.82, 2.24) is 9.66 Å². The van der Waals surface area contributed by atoms with Crippen molar-refractivity contribution in [3.63, 3.8) is 0 Å². The van der Waals surface area contributed by atoms with Crippen LogP contribution in [0.4, 0.5) is 14.9 Å². The maximum absolute atomic E-state index is 13.2. The minimum atomic E-state index is -1.50. The predicted molar refractivity (Wildman–Crippen MR) is 63.6 cm³/mol. The van der Waals surface area contributed by atoms with Gasteiger partial charge in [-0.3, -0.25) is 9.78 Å². The quantitative estimate of drug-likeness (QED) is 0.832. The average Bonchev–Trinajstić information content (AvgIpc) is 2.37. The summed E-state index contributed by atoms with van der Waals surface area (Å²) in [6.45, 7) is 0. The zero-order valence-corrected chi connectivity index (χ0v) is 9.41. The van der Waals surface area contributed by atoms with Gasteiger partial charge in [-0.1, -0.05) is 18.2 Å². The number of para-hydroxylation sites is 1. The van der Waals surface area contributed by atoms with Gasteiger partial charge in [-0.15, -0.1) is 0 Å². The highest BCUT2D eigenvalue weighted by Crippen LogP contribution is 2.13. The molecule has 1 heterocycles. The maximum atomic E-state index is 13.2. The van der Waals surface area contributed by atoms with E-state index in [2.05, 4.69) is 0 Å². The molecule has 19 heavy (non-hydrogen) atoms. The number of halogens is 1. The largest absolute Gasteiger partial charge is 0.463 e. The van der Waals surface area contributed by atoms with Gasteiger partial charge >= 0.3 is 11.8 Å². The first kappa shape index (κ1) is 12.6. The van der Waals surface area contributed by atoms with Gasteiger partial charge in [0.2, 0.25) is 5.82 Å². The van der Waals surface area contributed by atoms with Crippen LogP contribution in [-0.4, -0.2) is 20.9 Å². The lowest BCUT2D eigenvalue weighted by Crippen LogP contribution is -2.45. The number of nitrogens with one attached hydrogen (secondary N) is 1. The molecular formula is C11H8FN3O4. The minimum Gasteiger partial charge on any atom is -0.463 e. The Morgan fingerprint density at radius 1 is 1.26 bits per heavy atom. The number of hydrogen-bond acceptors (Lipinski definition) is 3. The Morgan fingerprint density at radius 2 is 1.89 bits per heavy atom. The van der Waals surface area contributed by atoms with E-state index in [0.717, 1.165) is 0 Å². The number of hydrogen-bond donors (Lipinski definition) is 2. The van der Waals surface area contributed by atoms with Crippen LogP contribution in [-0.2, 0) is 0 Å². The first-order valence-electron chi connectivity index (χ1n) is 5.10. The van der Waals surface area contributed by atoms with Gasteiger partial charge in [-0.2, -0.15) is 14.1 Å². The molecule has 0 saturated heterocycles. The summed E-state index contributed by atoms with van der Waals surface area (Å²) < 4.78 is 13.6. The molecule has 0 spiro atoms. The van der Waals surface area contributed by atoms with E-state index < -0.39 is 23.2 Å². The molecule has 0 atom stereocenters. The van der Waals surface area contributed by atoms with Crippen molar-refractivity contribution in [3.05, 3.63) is 63.2 Å². The van der Waals surface area contributed by atoms with Gasteiger partial charge in [0.25, 0.3) is 5.56 Å². The Hall–Kier alpha value is -2.90. The lowest BCUT2D eigenvalue weighted by atomic mass is 10.3. The molecule has 1 amide bonds. The van der Waals surface area contributed by atoms with Crippen molar-refractivity contribution in [2.24, 2.45) is 0 Å².